The van der Waals surface area contributed by atoms with Crippen LogP contribution in [0.1, 0.15) is 22.8 Å². The van der Waals surface area contributed by atoms with Crippen LogP contribution in [0.3, 0.4) is 0 Å². The van der Waals surface area contributed by atoms with Crippen molar-refractivity contribution in [3.05, 3.63) is 65.9 Å². The SMILES string of the molecule is CCOC(=O)c1cnc2c(OC)cccc2c1N(C)Cc1ccccc1. The van der Waals surface area contributed by atoms with Crippen LogP contribution < -0.4 is 9.64 Å². The molecule has 0 spiro atoms. The van der Waals surface area contributed by atoms with Gasteiger partial charge in [-0.3, -0.25) is 4.98 Å². The van der Waals surface area contributed by atoms with E-state index in [1.54, 1.807) is 20.2 Å². The Balaban J connectivity index is 2.14. The predicted molar refractivity (Wildman–Crippen MR) is 103 cm³/mol. The van der Waals surface area contributed by atoms with E-state index >= 15 is 0 Å². The molecule has 0 fully saturated rings. The Morgan fingerprint density at radius 2 is 1.88 bits per heavy atom. The quantitative estimate of drug-likeness (QED) is 0.628. The topological polar surface area (TPSA) is 51.7 Å². The number of hydrogen-bond donors (Lipinski definition) is 0. The molecule has 0 aliphatic rings. The van der Waals surface area contributed by atoms with Gasteiger partial charge >= 0.3 is 5.97 Å². The molecule has 3 aromatic rings. The van der Waals surface area contributed by atoms with Crippen LogP contribution in [0.4, 0.5) is 5.69 Å². The number of carbonyl (C=O) groups excluding carboxylic acids is 1. The van der Waals surface area contributed by atoms with Gasteiger partial charge < -0.3 is 14.4 Å². The molecule has 0 N–H and O–H groups in total. The molecule has 0 saturated carbocycles. The molecule has 0 atom stereocenters. The van der Waals surface area contributed by atoms with Crippen molar-refractivity contribution in [2.75, 3.05) is 25.7 Å². The van der Waals surface area contributed by atoms with Gasteiger partial charge in [0.05, 0.1) is 19.4 Å². The second-order valence-electron chi connectivity index (χ2n) is 5.94. The van der Waals surface area contributed by atoms with Gasteiger partial charge in [-0.25, -0.2) is 4.79 Å². The number of nitrogens with zero attached hydrogens (tertiary/aromatic N) is 2. The molecule has 0 saturated heterocycles. The summed E-state index contributed by atoms with van der Waals surface area (Å²) in [5, 5.41) is 0.855. The number of benzene rings is 2. The molecule has 0 aliphatic carbocycles. The summed E-state index contributed by atoms with van der Waals surface area (Å²) in [4.78, 5) is 19.0. The predicted octanol–water partition coefficient (Wildman–Crippen LogP) is 4.06. The number of hydrogen-bond acceptors (Lipinski definition) is 5. The number of methoxy groups -OCH3 is 1. The summed E-state index contributed by atoms with van der Waals surface area (Å²) in [7, 11) is 3.58. The van der Waals surface area contributed by atoms with Crippen molar-refractivity contribution in [3.63, 3.8) is 0 Å². The van der Waals surface area contributed by atoms with Crippen molar-refractivity contribution < 1.29 is 14.3 Å². The summed E-state index contributed by atoms with van der Waals surface area (Å²) in [6, 6.07) is 15.8. The van der Waals surface area contributed by atoms with E-state index in [1.807, 2.05) is 48.3 Å². The average molecular weight is 350 g/mol. The van der Waals surface area contributed by atoms with Crippen LogP contribution in [0.15, 0.2) is 54.7 Å². The van der Waals surface area contributed by atoms with Crippen LogP contribution >= 0.6 is 0 Å². The van der Waals surface area contributed by atoms with Crippen LogP contribution in [-0.2, 0) is 11.3 Å². The standard InChI is InChI=1S/C21H22N2O3/c1-4-26-21(24)17-13-22-19-16(11-8-12-18(19)25-3)20(17)23(2)14-15-9-6-5-7-10-15/h5-13H,4,14H2,1-3H3. The highest BCUT2D eigenvalue weighted by Gasteiger charge is 2.21. The summed E-state index contributed by atoms with van der Waals surface area (Å²) in [6.07, 6.45) is 1.57. The number of esters is 1. The Kier molecular flexibility index (Phi) is 5.37. The van der Waals surface area contributed by atoms with E-state index in [9.17, 15) is 4.79 Å². The molecule has 1 aromatic heterocycles. The van der Waals surface area contributed by atoms with Gasteiger partial charge in [0.15, 0.2) is 0 Å². The number of aromatic nitrogens is 1. The minimum atomic E-state index is -0.375. The van der Waals surface area contributed by atoms with Crippen molar-refractivity contribution in [2.24, 2.45) is 0 Å². The summed E-state index contributed by atoms with van der Waals surface area (Å²) >= 11 is 0. The van der Waals surface area contributed by atoms with E-state index in [4.69, 9.17) is 9.47 Å². The molecule has 0 amide bonds. The molecule has 2 aromatic carbocycles. The van der Waals surface area contributed by atoms with Gasteiger partial charge in [0.25, 0.3) is 0 Å². The fourth-order valence-corrected chi connectivity index (χ4v) is 3.05. The molecular formula is C21H22N2O3. The van der Waals surface area contributed by atoms with Gasteiger partial charge in [-0.2, -0.15) is 0 Å². The van der Waals surface area contributed by atoms with E-state index in [2.05, 4.69) is 17.1 Å². The molecule has 26 heavy (non-hydrogen) atoms. The Labute approximate surface area is 153 Å². The monoisotopic (exact) mass is 350 g/mol. The molecule has 5 heteroatoms. The largest absolute Gasteiger partial charge is 0.494 e. The van der Waals surface area contributed by atoms with Gasteiger partial charge in [0, 0.05) is 25.2 Å². The maximum atomic E-state index is 12.5. The molecule has 0 unspecified atom stereocenters. The minimum absolute atomic E-state index is 0.316. The van der Waals surface area contributed by atoms with Crippen LogP contribution in [0.5, 0.6) is 5.75 Å². The molecule has 0 aliphatic heterocycles. The number of anilines is 1. The zero-order valence-electron chi connectivity index (χ0n) is 15.2. The van der Waals surface area contributed by atoms with Crippen LogP contribution in [-0.4, -0.2) is 31.7 Å². The Morgan fingerprint density at radius 1 is 1.12 bits per heavy atom. The first kappa shape index (κ1) is 17.7. The number of rotatable bonds is 6. The molecule has 0 radical (unpaired) electrons. The van der Waals surface area contributed by atoms with Gasteiger partial charge in [-0.1, -0.05) is 42.5 Å². The molecule has 0 bridgehead atoms. The second-order valence-corrected chi connectivity index (χ2v) is 5.94. The third-order valence-corrected chi connectivity index (χ3v) is 4.19. The minimum Gasteiger partial charge on any atom is -0.494 e. The van der Waals surface area contributed by atoms with Crippen LogP contribution in [0.25, 0.3) is 10.9 Å². The van der Waals surface area contributed by atoms with Crippen molar-refractivity contribution >= 4 is 22.6 Å². The number of pyridine rings is 1. The van der Waals surface area contributed by atoms with Gasteiger partial charge in [0.1, 0.15) is 16.8 Å². The first-order chi connectivity index (χ1) is 12.7. The van der Waals surface area contributed by atoms with Crippen molar-refractivity contribution in [2.45, 2.75) is 13.5 Å². The molecule has 134 valence electrons. The van der Waals surface area contributed by atoms with Gasteiger partial charge in [-0.15, -0.1) is 0 Å². The summed E-state index contributed by atoms with van der Waals surface area (Å²) in [5.41, 5.74) is 3.11. The highest BCUT2D eigenvalue weighted by molar-refractivity contribution is 6.06. The van der Waals surface area contributed by atoms with Crippen LogP contribution in [0.2, 0.25) is 0 Å². The van der Waals surface area contributed by atoms with Crippen molar-refractivity contribution in [1.29, 1.82) is 0 Å². The highest BCUT2D eigenvalue weighted by atomic mass is 16.5. The maximum Gasteiger partial charge on any atom is 0.341 e. The lowest BCUT2D eigenvalue weighted by Crippen LogP contribution is -2.21. The van der Waals surface area contributed by atoms with Crippen molar-refractivity contribution in [1.82, 2.24) is 4.98 Å². The lowest BCUT2D eigenvalue weighted by Gasteiger charge is -2.24. The van der Waals surface area contributed by atoms with E-state index in [1.165, 1.54) is 0 Å². The Bertz CT molecular complexity index is 910. The number of carbonyl (C=O) groups is 1. The third-order valence-electron chi connectivity index (χ3n) is 4.19. The van der Waals surface area contributed by atoms with Crippen molar-refractivity contribution in [3.8, 4) is 5.75 Å². The maximum absolute atomic E-state index is 12.5. The first-order valence-electron chi connectivity index (χ1n) is 8.53. The molecule has 1 heterocycles. The van der Waals surface area contributed by atoms with E-state index < -0.39 is 0 Å². The van der Waals surface area contributed by atoms with E-state index in [-0.39, 0.29) is 5.97 Å². The van der Waals surface area contributed by atoms with Gasteiger partial charge in [0.2, 0.25) is 0 Å². The van der Waals surface area contributed by atoms with Gasteiger partial charge in [-0.05, 0) is 18.6 Å². The second kappa shape index (κ2) is 7.87. The molecule has 3 rings (SSSR count). The molecular weight excluding hydrogens is 328 g/mol. The lowest BCUT2D eigenvalue weighted by molar-refractivity contribution is 0.0527. The number of ether oxygens (including phenoxy) is 2. The van der Waals surface area contributed by atoms with Crippen LogP contribution in [0, 0.1) is 0 Å². The average Bonchev–Trinajstić information content (AvgIpc) is 2.67. The number of para-hydroxylation sites is 1. The van der Waals surface area contributed by atoms with E-state index in [0.29, 0.717) is 24.5 Å². The Hall–Kier alpha value is -3.08. The summed E-state index contributed by atoms with van der Waals surface area (Å²) < 4.78 is 10.7. The zero-order valence-corrected chi connectivity index (χ0v) is 15.2. The molecule has 5 nitrogen and oxygen atoms in total. The normalized spacial score (nSPS) is 10.6. The number of fused-ring (bicyclic) bond motifs is 1. The van der Waals surface area contributed by atoms with E-state index in [0.717, 1.165) is 22.2 Å². The zero-order chi connectivity index (χ0) is 18.5. The summed E-state index contributed by atoms with van der Waals surface area (Å²) in [5.74, 6) is 0.298. The fraction of sp³-hybridized carbons (Fsp3) is 0.238. The highest BCUT2D eigenvalue weighted by Crippen LogP contribution is 2.34. The third kappa shape index (κ3) is 3.47. The first-order valence-corrected chi connectivity index (χ1v) is 8.53. The Morgan fingerprint density at radius 3 is 2.58 bits per heavy atom. The smallest absolute Gasteiger partial charge is 0.341 e. The lowest BCUT2D eigenvalue weighted by atomic mass is 10.1. The summed E-state index contributed by atoms with van der Waals surface area (Å²) in [6.45, 7) is 2.77. The fourth-order valence-electron chi connectivity index (χ4n) is 3.05.